The van der Waals surface area contributed by atoms with Gasteiger partial charge in [0.05, 0.1) is 0 Å². The van der Waals surface area contributed by atoms with Crippen LogP contribution >= 0.6 is 0 Å². The van der Waals surface area contributed by atoms with Crippen LogP contribution in [0.2, 0.25) is 0 Å². The summed E-state index contributed by atoms with van der Waals surface area (Å²) in [4.78, 5) is 0. The van der Waals surface area contributed by atoms with E-state index in [1.807, 2.05) is 24.3 Å². The van der Waals surface area contributed by atoms with Crippen molar-refractivity contribution in [2.24, 2.45) is 0 Å². The number of para-hydroxylation sites is 1. The van der Waals surface area contributed by atoms with Gasteiger partial charge in [-0.3, -0.25) is 0 Å². The molecular formula is C18H19F2NO2. The first-order valence-electron chi connectivity index (χ1n) is 7.28. The molecule has 1 atom stereocenters. The van der Waals surface area contributed by atoms with Crippen LogP contribution in [-0.4, -0.2) is 24.4 Å². The predicted molar refractivity (Wildman–Crippen MR) is 86.7 cm³/mol. The lowest BCUT2D eigenvalue weighted by molar-refractivity contribution is 0.117. The van der Waals surface area contributed by atoms with Crippen molar-refractivity contribution in [1.82, 2.24) is 0 Å². The summed E-state index contributed by atoms with van der Waals surface area (Å²) in [6.45, 7) is 3.95. The van der Waals surface area contributed by atoms with Crippen molar-refractivity contribution in [3.63, 3.8) is 0 Å². The maximum Gasteiger partial charge on any atom is 0.160 e. The highest BCUT2D eigenvalue weighted by atomic mass is 19.2. The van der Waals surface area contributed by atoms with Gasteiger partial charge in [0.25, 0.3) is 0 Å². The topological polar surface area (TPSA) is 41.5 Å². The molecule has 0 bridgehead atoms. The summed E-state index contributed by atoms with van der Waals surface area (Å²) in [5.41, 5.74) is 1.39. The van der Waals surface area contributed by atoms with Gasteiger partial charge >= 0.3 is 0 Å². The van der Waals surface area contributed by atoms with Gasteiger partial charge in [-0.05, 0) is 30.2 Å². The van der Waals surface area contributed by atoms with E-state index in [4.69, 9.17) is 4.74 Å². The zero-order chi connectivity index (χ0) is 16.7. The second-order valence-corrected chi connectivity index (χ2v) is 5.08. The number of aliphatic hydroxyl groups is 1. The van der Waals surface area contributed by atoms with Crippen LogP contribution in [0.3, 0.4) is 0 Å². The largest absolute Gasteiger partial charge is 0.491 e. The van der Waals surface area contributed by atoms with E-state index in [-0.39, 0.29) is 13.2 Å². The lowest BCUT2D eigenvalue weighted by Crippen LogP contribution is -2.26. The average Bonchev–Trinajstić information content (AvgIpc) is 2.55. The summed E-state index contributed by atoms with van der Waals surface area (Å²) in [6, 6.07) is 11.0. The van der Waals surface area contributed by atoms with Gasteiger partial charge in [-0.2, -0.15) is 0 Å². The number of rotatable bonds is 8. The molecule has 0 saturated carbocycles. The molecule has 2 rings (SSSR count). The van der Waals surface area contributed by atoms with Gasteiger partial charge in [0.15, 0.2) is 11.6 Å². The maximum absolute atomic E-state index is 13.1. The van der Waals surface area contributed by atoms with E-state index in [0.717, 1.165) is 17.7 Å². The Morgan fingerprint density at radius 3 is 2.70 bits per heavy atom. The van der Waals surface area contributed by atoms with Crippen LogP contribution in [0.4, 0.5) is 14.5 Å². The third-order valence-electron chi connectivity index (χ3n) is 3.23. The molecule has 0 amide bonds. The highest BCUT2D eigenvalue weighted by molar-refractivity contribution is 5.43. The van der Waals surface area contributed by atoms with Crippen molar-refractivity contribution >= 4 is 5.69 Å². The van der Waals surface area contributed by atoms with Gasteiger partial charge in [0, 0.05) is 18.3 Å². The molecule has 23 heavy (non-hydrogen) atoms. The van der Waals surface area contributed by atoms with Gasteiger partial charge in [-0.1, -0.05) is 24.3 Å². The SMILES string of the molecule is C=CCc1ccccc1OCC(O)CNc1ccc(F)c(F)c1. The molecule has 5 heteroatoms. The van der Waals surface area contributed by atoms with Crippen LogP contribution in [0.15, 0.2) is 55.1 Å². The summed E-state index contributed by atoms with van der Waals surface area (Å²) >= 11 is 0. The molecule has 0 aliphatic carbocycles. The number of hydrogen-bond acceptors (Lipinski definition) is 3. The molecular weight excluding hydrogens is 300 g/mol. The smallest absolute Gasteiger partial charge is 0.160 e. The fourth-order valence-electron chi connectivity index (χ4n) is 2.06. The standard InChI is InChI=1S/C18H19F2NO2/c1-2-5-13-6-3-4-7-18(13)23-12-15(22)11-21-14-8-9-16(19)17(20)10-14/h2-4,6-10,15,21-22H,1,5,11-12H2. The van der Waals surface area contributed by atoms with Gasteiger partial charge in [0.1, 0.15) is 18.5 Å². The second-order valence-electron chi connectivity index (χ2n) is 5.08. The van der Waals surface area contributed by atoms with Crippen molar-refractivity contribution in [1.29, 1.82) is 0 Å². The first-order chi connectivity index (χ1) is 11.1. The summed E-state index contributed by atoms with van der Waals surface area (Å²) in [5.74, 6) is -1.14. The number of benzene rings is 2. The molecule has 0 aromatic heterocycles. The molecule has 0 fully saturated rings. The zero-order valence-electron chi connectivity index (χ0n) is 12.6. The third kappa shape index (κ3) is 5.07. The minimum Gasteiger partial charge on any atom is -0.491 e. The number of anilines is 1. The van der Waals surface area contributed by atoms with Crippen LogP contribution in [0.25, 0.3) is 0 Å². The normalized spacial score (nSPS) is 11.8. The monoisotopic (exact) mass is 319 g/mol. The Labute approximate surface area is 134 Å². The Morgan fingerprint density at radius 1 is 1.17 bits per heavy atom. The van der Waals surface area contributed by atoms with Gasteiger partial charge in [-0.15, -0.1) is 6.58 Å². The molecule has 2 aromatic rings. The van der Waals surface area contributed by atoms with E-state index in [9.17, 15) is 13.9 Å². The number of nitrogens with one attached hydrogen (secondary N) is 1. The predicted octanol–water partition coefficient (Wildman–Crippen LogP) is 3.55. The van der Waals surface area contributed by atoms with Gasteiger partial charge in [-0.25, -0.2) is 8.78 Å². The lowest BCUT2D eigenvalue weighted by Gasteiger charge is -2.15. The highest BCUT2D eigenvalue weighted by Crippen LogP contribution is 2.19. The van der Waals surface area contributed by atoms with E-state index in [1.165, 1.54) is 6.07 Å². The van der Waals surface area contributed by atoms with E-state index >= 15 is 0 Å². The van der Waals surface area contributed by atoms with Crippen molar-refractivity contribution in [3.05, 3.63) is 72.3 Å². The fourth-order valence-corrected chi connectivity index (χ4v) is 2.06. The van der Waals surface area contributed by atoms with E-state index in [0.29, 0.717) is 17.9 Å². The van der Waals surface area contributed by atoms with E-state index in [1.54, 1.807) is 6.08 Å². The number of hydrogen-bond donors (Lipinski definition) is 2. The Hall–Kier alpha value is -2.40. The minimum atomic E-state index is -0.931. The Bertz CT molecular complexity index is 661. The first-order valence-corrected chi connectivity index (χ1v) is 7.28. The van der Waals surface area contributed by atoms with Crippen molar-refractivity contribution in [2.45, 2.75) is 12.5 Å². The average molecular weight is 319 g/mol. The summed E-state index contributed by atoms with van der Waals surface area (Å²) in [5, 5.41) is 12.8. The van der Waals surface area contributed by atoms with Gasteiger partial charge in [0.2, 0.25) is 0 Å². The third-order valence-corrected chi connectivity index (χ3v) is 3.23. The van der Waals surface area contributed by atoms with Crippen LogP contribution in [0, 0.1) is 11.6 Å². The molecule has 122 valence electrons. The number of allylic oxidation sites excluding steroid dienone is 1. The Kier molecular flexibility index (Phi) is 6.11. The maximum atomic E-state index is 13.1. The Balaban J connectivity index is 1.84. The molecule has 0 aliphatic heterocycles. The van der Waals surface area contributed by atoms with Crippen molar-refractivity contribution in [3.8, 4) is 5.75 Å². The number of aliphatic hydroxyl groups excluding tert-OH is 1. The quantitative estimate of drug-likeness (QED) is 0.731. The molecule has 3 nitrogen and oxygen atoms in total. The molecule has 2 aromatic carbocycles. The zero-order valence-corrected chi connectivity index (χ0v) is 12.6. The molecule has 0 heterocycles. The highest BCUT2D eigenvalue weighted by Gasteiger charge is 2.08. The number of halogens is 2. The molecule has 0 saturated heterocycles. The molecule has 0 spiro atoms. The Morgan fingerprint density at radius 2 is 1.96 bits per heavy atom. The first kappa shape index (κ1) is 17.0. The molecule has 2 N–H and O–H groups in total. The summed E-state index contributed by atoms with van der Waals surface area (Å²) in [6.07, 6.45) is 1.67. The minimum absolute atomic E-state index is 0.0881. The van der Waals surface area contributed by atoms with Crippen LogP contribution < -0.4 is 10.1 Å². The van der Waals surface area contributed by atoms with Gasteiger partial charge < -0.3 is 15.2 Å². The van der Waals surface area contributed by atoms with Crippen LogP contribution in [0.1, 0.15) is 5.56 Å². The fraction of sp³-hybridized carbons (Fsp3) is 0.222. The van der Waals surface area contributed by atoms with Crippen molar-refractivity contribution < 1.29 is 18.6 Å². The summed E-state index contributed by atoms with van der Waals surface area (Å²) < 4.78 is 31.5. The molecule has 0 aliphatic rings. The van der Waals surface area contributed by atoms with Crippen molar-refractivity contribution in [2.75, 3.05) is 18.5 Å². The number of ether oxygens (including phenoxy) is 1. The lowest BCUT2D eigenvalue weighted by atomic mass is 10.1. The van der Waals surface area contributed by atoms with Crippen LogP contribution in [-0.2, 0) is 6.42 Å². The van der Waals surface area contributed by atoms with Crippen LogP contribution in [0.5, 0.6) is 5.75 Å². The second kappa shape index (κ2) is 8.29. The molecule has 1 unspecified atom stereocenters. The summed E-state index contributed by atoms with van der Waals surface area (Å²) in [7, 11) is 0. The molecule has 0 radical (unpaired) electrons. The van der Waals surface area contributed by atoms with E-state index < -0.39 is 17.7 Å². The van der Waals surface area contributed by atoms with E-state index in [2.05, 4.69) is 11.9 Å².